The van der Waals surface area contributed by atoms with Crippen molar-refractivity contribution >= 4 is 35.3 Å². The maximum Gasteiger partial charge on any atom is 0.311 e. The minimum Gasteiger partial charge on any atom is -0.427 e. The number of nitrogens with one attached hydrogen (secondary N) is 1. The highest BCUT2D eigenvalue weighted by molar-refractivity contribution is 8.00. The Hall–Kier alpha value is -5.47. The van der Waals surface area contributed by atoms with Crippen LogP contribution in [0.25, 0.3) is 0 Å². The van der Waals surface area contributed by atoms with Crippen molar-refractivity contribution in [3.63, 3.8) is 0 Å². The fourth-order valence-electron chi connectivity index (χ4n) is 8.25. The van der Waals surface area contributed by atoms with Gasteiger partial charge in [-0.2, -0.15) is 0 Å². The number of nitrogens with zero attached hydrogens (tertiary/aromatic N) is 1. The lowest BCUT2D eigenvalue weighted by molar-refractivity contribution is -0.138. The first-order chi connectivity index (χ1) is 30.0. The number of carbonyl (C=O) groups excluding carboxylic acids is 4. The normalized spacial score (nSPS) is 14.0. The molecule has 6 rings (SSSR count). The summed E-state index contributed by atoms with van der Waals surface area (Å²) in [5.74, 6) is -0.473. The summed E-state index contributed by atoms with van der Waals surface area (Å²) >= 11 is 2.03. The Labute approximate surface area is 366 Å². The van der Waals surface area contributed by atoms with Crippen molar-refractivity contribution in [3.05, 3.63) is 173 Å². The number of aryl methyl sites for hydroxylation is 1. The minimum atomic E-state index is -0.680. The Morgan fingerprint density at radius 3 is 1.70 bits per heavy atom. The third kappa shape index (κ3) is 13.0. The number of hydrogen-bond acceptors (Lipinski definition) is 6. The third-order valence-electron chi connectivity index (χ3n) is 11.5. The number of hydrogen-bond donors (Lipinski definition) is 1. The van der Waals surface area contributed by atoms with Crippen LogP contribution in [0.4, 0.5) is 0 Å². The zero-order chi connectivity index (χ0) is 42.5. The zero-order valence-electron chi connectivity index (χ0n) is 35.4. The molecule has 1 aliphatic heterocycles. The molecular formula is C53H60N2O5S. The molecule has 61 heavy (non-hydrogen) atoms. The smallest absolute Gasteiger partial charge is 0.311 e. The summed E-state index contributed by atoms with van der Waals surface area (Å²) in [7, 11) is 0. The number of amides is 2. The molecule has 1 unspecified atom stereocenters. The second-order valence-electron chi connectivity index (χ2n) is 15.9. The number of rotatable bonds is 23. The van der Waals surface area contributed by atoms with Crippen LogP contribution < -0.4 is 10.1 Å². The van der Waals surface area contributed by atoms with Crippen molar-refractivity contribution in [2.24, 2.45) is 0 Å². The molecule has 2 amide bonds. The van der Waals surface area contributed by atoms with Crippen LogP contribution in [0, 0.1) is 0 Å². The van der Waals surface area contributed by atoms with Gasteiger partial charge in [0, 0.05) is 25.1 Å². The third-order valence-corrected chi connectivity index (χ3v) is 13.2. The molecule has 1 aliphatic rings. The molecule has 0 aromatic heterocycles. The molecule has 1 N–H and O–H groups in total. The molecule has 1 atom stereocenters. The van der Waals surface area contributed by atoms with Gasteiger partial charge in [0.2, 0.25) is 11.7 Å². The second kappa shape index (κ2) is 24.1. The van der Waals surface area contributed by atoms with Gasteiger partial charge < -0.3 is 15.0 Å². The predicted octanol–water partition coefficient (Wildman–Crippen LogP) is 11.1. The molecule has 0 aliphatic carbocycles. The van der Waals surface area contributed by atoms with E-state index >= 15 is 0 Å². The lowest BCUT2D eigenvalue weighted by Gasteiger charge is -2.35. The summed E-state index contributed by atoms with van der Waals surface area (Å²) in [6, 6.07) is 48.2. The van der Waals surface area contributed by atoms with Crippen molar-refractivity contribution in [1.82, 2.24) is 10.2 Å². The molecule has 0 spiro atoms. The van der Waals surface area contributed by atoms with Crippen molar-refractivity contribution in [1.29, 1.82) is 0 Å². The van der Waals surface area contributed by atoms with Crippen LogP contribution in [0.2, 0.25) is 0 Å². The van der Waals surface area contributed by atoms with Crippen molar-refractivity contribution in [3.8, 4) is 5.75 Å². The van der Waals surface area contributed by atoms with E-state index in [0.717, 1.165) is 63.5 Å². The van der Waals surface area contributed by atoms with Crippen LogP contribution >= 0.6 is 11.8 Å². The molecule has 5 aromatic carbocycles. The first kappa shape index (κ1) is 45.1. The number of piperidine rings is 1. The number of Topliss-reactive ketones (excluding diaryl/α,β-unsaturated/α-hetero) is 1. The number of ketones is 1. The second-order valence-corrected chi connectivity index (χ2v) is 17.2. The standard InChI is InChI=1S/C53H60N2O5S/c56-49(60-47-37-35-43(36-38-47)50(57)52(59)55-40-21-20-33-48(55)51(58)54-39-23-26-42-24-11-7-12-25-42)34-19-5-3-1-2-4-6-22-41-61-53(44-27-13-8-14-28-44,45-29-15-9-16-30-45)46-31-17-10-18-32-46/h7-18,24-25,27-32,35-38,48H,1-6,19-23,26,33-34,39-41H2,(H,54,58). The van der Waals surface area contributed by atoms with Crippen molar-refractivity contribution in [2.45, 2.75) is 101 Å². The molecule has 1 heterocycles. The number of carbonyl (C=O) groups is 4. The molecule has 5 aromatic rings. The fraction of sp³-hybridized carbons (Fsp3) is 0.358. The van der Waals surface area contributed by atoms with Crippen molar-refractivity contribution in [2.75, 3.05) is 18.8 Å². The van der Waals surface area contributed by atoms with E-state index in [0.29, 0.717) is 31.7 Å². The Balaban J connectivity index is 0.855. The average Bonchev–Trinajstić information content (AvgIpc) is 3.32. The molecule has 8 heteroatoms. The SMILES string of the molecule is O=C(CCCCCCCCCCSC(c1ccccc1)(c1ccccc1)c1ccccc1)Oc1ccc(C(=O)C(=O)N2CCCCC2C(=O)NCCCc2ccccc2)cc1. The van der Waals surface area contributed by atoms with Gasteiger partial charge in [-0.3, -0.25) is 19.2 Å². The van der Waals surface area contributed by atoms with E-state index in [1.54, 1.807) is 12.1 Å². The van der Waals surface area contributed by atoms with Gasteiger partial charge in [-0.1, -0.05) is 160 Å². The monoisotopic (exact) mass is 836 g/mol. The Bertz CT molecular complexity index is 2000. The molecule has 0 bridgehead atoms. The number of thioether (sulfide) groups is 1. The molecule has 7 nitrogen and oxygen atoms in total. The number of esters is 1. The van der Waals surface area contributed by atoms with Gasteiger partial charge in [-0.25, -0.2) is 0 Å². The van der Waals surface area contributed by atoms with Crippen LogP contribution in [0.5, 0.6) is 5.75 Å². The number of unbranched alkanes of at least 4 members (excludes halogenated alkanes) is 7. The number of benzene rings is 5. The lowest BCUT2D eigenvalue weighted by atomic mass is 9.84. The predicted molar refractivity (Wildman–Crippen MR) is 247 cm³/mol. The minimum absolute atomic E-state index is 0.204. The first-order valence-electron chi connectivity index (χ1n) is 22.2. The van der Waals surface area contributed by atoms with Gasteiger partial charge in [0.15, 0.2) is 0 Å². The lowest BCUT2D eigenvalue weighted by Crippen LogP contribution is -2.53. The number of ether oxygens (including phenoxy) is 1. The van der Waals surface area contributed by atoms with E-state index in [2.05, 4.69) is 108 Å². The summed E-state index contributed by atoms with van der Waals surface area (Å²) in [6.45, 7) is 0.868. The quantitative estimate of drug-likeness (QED) is 0.0176. The fourth-order valence-corrected chi connectivity index (χ4v) is 9.81. The Morgan fingerprint density at radius 1 is 0.607 bits per heavy atom. The highest BCUT2D eigenvalue weighted by atomic mass is 32.2. The van der Waals surface area contributed by atoms with E-state index in [1.807, 2.05) is 30.0 Å². The highest BCUT2D eigenvalue weighted by Gasteiger charge is 2.37. The van der Waals surface area contributed by atoms with E-state index in [1.165, 1.54) is 58.5 Å². The first-order valence-corrected chi connectivity index (χ1v) is 23.2. The Kier molecular flexibility index (Phi) is 17.8. The maximum atomic E-state index is 13.3. The largest absolute Gasteiger partial charge is 0.427 e. The van der Waals surface area contributed by atoms with Crippen LogP contribution in [0.1, 0.15) is 116 Å². The van der Waals surface area contributed by atoms with Crippen LogP contribution in [-0.4, -0.2) is 53.4 Å². The van der Waals surface area contributed by atoms with E-state index in [9.17, 15) is 19.2 Å². The topological polar surface area (TPSA) is 92.8 Å². The summed E-state index contributed by atoms with van der Waals surface area (Å²) < 4.78 is 5.27. The van der Waals surface area contributed by atoms with Crippen molar-refractivity contribution < 1.29 is 23.9 Å². The van der Waals surface area contributed by atoms with Gasteiger partial charge in [0.1, 0.15) is 11.8 Å². The maximum absolute atomic E-state index is 13.3. The summed E-state index contributed by atoms with van der Waals surface area (Å²) in [5.41, 5.74) is 5.32. The van der Waals surface area contributed by atoms with Crippen LogP contribution in [-0.2, 0) is 25.6 Å². The molecule has 0 saturated carbocycles. The summed E-state index contributed by atoms with van der Waals surface area (Å²) in [4.78, 5) is 53.7. The van der Waals surface area contributed by atoms with Gasteiger partial charge in [0.05, 0.1) is 4.75 Å². The molecular weight excluding hydrogens is 777 g/mol. The van der Waals surface area contributed by atoms with Crippen LogP contribution in [0.15, 0.2) is 146 Å². The van der Waals surface area contributed by atoms with Gasteiger partial charge >= 0.3 is 5.97 Å². The zero-order valence-corrected chi connectivity index (χ0v) is 36.2. The van der Waals surface area contributed by atoms with Gasteiger partial charge in [0.25, 0.3) is 5.91 Å². The number of likely N-dealkylation sites (tertiary alicyclic amines) is 1. The van der Waals surface area contributed by atoms with E-state index < -0.39 is 17.7 Å². The molecule has 1 saturated heterocycles. The van der Waals surface area contributed by atoms with E-state index in [4.69, 9.17) is 4.74 Å². The molecule has 318 valence electrons. The molecule has 1 fully saturated rings. The summed E-state index contributed by atoms with van der Waals surface area (Å²) in [5, 5.41) is 2.97. The van der Waals surface area contributed by atoms with E-state index in [-0.39, 0.29) is 22.2 Å². The van der Waals surface area contributed by atoms with Gasteiger partial charge in [-0.05, 0) is 97.2 Å². The average molecular weight is 837 g/mol. The van der Waals surface area contributed by atoms with Gasteiger partial charge in [-0.15, -0.1) is 11.8 Å². The van der Waals surface area contributed by atoms with Crippen LogP contribution in [0.3, 0.4) is 0 Å². The highest BCUT2D eigenvalue weighted by Crippen LogP contribution is 2.48. The molecule has 0 radical (unpaired) electrons. The summed E-state index contributed by atoms with van der Waals surface area (Å²) in [6.07, 6.45) is 12.8. The Morgan fingerprint density at radius 2 is 1.13 bits per heavy atom.